The van der Waals surface area contributed by atoms with E-state index in [1.165, 1.54) is 19.2 Å². The molecule has 2 amide bonds. The summed E-state index contributed by atoms with van der Waals surface area (Å²) >= 11 is 4.20. The van der Waals surface area contributed by atoms with Crippen molar-refractivity contribution >= 4 is 41.8 Å². The Morgan fingerprint density at radius 2 is 1.46 bits per heavy atom. The Labute approximate surface area is 282 Å². The van der Waals surface area contributed by atoms with E-state index in [1.807, 2.05) is 42.5 Å². The third-order valence-electron chi connectivity index (χ3n) is 8.21. The van der Waals surface area contributed by atoms with Crippen molar-refractivity contribution in [2.45, 2.75) is 18.3 Å². The van der Waals surface area contributed by atoms with Crippen LogP contribution in [0.25, 0.3) is 11.1 Å². The predicted molar refractivity (Wildman–Crippen MR) is 182 cm³/mol. The summed E-state index contributed by atoms with van der Waals surface area (Å²) in [5.74, 6) is -1.14. The van der Waals surface area contributed by atoms with Crippen LogP contribution in [0.5, 0.6) is 0 Å². The van der Waals surface area contributed by atoms with E-state index in [-0.39, 0.29) is 17.6 Å². The SMILES string of the molecule is COC(=O)C(CS)NC(=O)C(c1ccccc1)N1CCN(c2ccc(NC(=O)c3ccccc3-c3ccc(C(F)(F)F)cc3)cc2)CC1. The van der Waals surface area contributed by atoms with Crippen molar-refractivity contribution in [1.29, 1.82) is 0 Å². The molecule has 1 aliphatic rings. The highest BCUT2D eigenvalue weighted by Crippen LogP contribution is 2.32. The van der Waals surface area contributed by atoms with Crippen LogP contribution in [0.2, 0.25) is 0 Å². The number of anilines is 2. The lowest BCUT2D eigenvalue weighted by atomic mass is 9.98. The third-order valence-corrected chi connectivity index (χ3v) is 8.58. The molecule has 0 aromatic heterocycles. The van der Waals surface area contributed by atoms with Gasteiger partial charge in [0.05, 0.1) is 12.7 Å². The number of benzene rings is 4. The predicted octanol–water partition coefficient (Wildman–Crippen LogP) is 6.08. The Hall–Kier alpha value is -4.81. The van der Waals surface area contributed by atoms with E-state index in [9.17, 15) is 27.6 Å². The summed E-state index contributed by atoms with van der Waals surface area (Å²) in [6, 6.07) is 26.8. The molecule has 2 N–H and O–H groups in total. The van der Waals surface area contributed by atoms with E-state index in [4.69, 9.17) is 4.74 Å². The molecule has 0 bridgehead atoms. The van der Waals surface area contributed by atoms with Crippen molar-refractivity contribution in [1.82, 2.24) is 10.2 Å². The van der Waals surface area contributed by atoms with Crippen LogP contribution >= 0.6 is 12.6 Å². The summed E-state index contributed by atoms with van der Waals surface area (Å²) in [7, 11) is 1.27. The van der Waals surface area contributed by atoms with E-state index in [0.29, 0.717) is 48.6 Å². The summed E-state index contributed by atoms with van der Waals surface area (Å²) in [5, 5.41) is 5.68. The van der Waals surface area contributed by atoms with Crippen LogP contribution in [0, 0.1) is 0 Å². The standard InChI is InChI=1S/C36H35F3N4O4S/c1-47-35(46)31(23-48)41-34(45)32(25-7-3-2-4-8-25)43-21-19-42(20-22-43)28-17-15-27(16-18-28)40-33(44)30-10-6-5-9-29(30)24-11-13-26(14-12-24)36(37,38)39/h2-18,31-32,48H,19-23H2,1H3,(H,40,44)(H,41,45). The first-order chi connectivity index (χ1) is 23.1. The van der Waals surface area contributed by atoms with Crippen molar-refractivity contribution < 1.29 is 32.3 Å². The molecule has 0 spiro atoms. The van der Waals surface area contributed by atoms with Gasteiger partial charge in [-0.25, -0.2) is 4.79 Å². The molecular weight excluding hydrogens is 641 g/mol. The van der Waals surface area contributed by atoms with Crippen molar-refractivity contribution in [3.63, 3.8) is 0 Å². The molecule has 1 aliphatic heterocycles. The molecule has 8 nitrogen and oxygen atoms in total. The van der Waals surface area contributed by atoms with Gasteiger partial charge in [0.2, 0.25) is 5.91 Å². The average Bonchev–Trinajstić information content (AvgIpc) is 3.11. The number of nitrogens with one attached hydrogen (secondary N) is 2. The number of methoxy groups -OCH3 is 1. The minimum atomic E-state index is -4.45. The molecule has 0 aliphatic carbocycles. The number of piperazine rings is 1. The van der Waals surface area contributed by atoms with Crippen LogP contribution in [0.1, 0.15) is 27.5 Å². The number of halogens is 3. The zero-order chi connectivity index (χ0) is 34.3. The molecule has 4 aromatic rings. The number of hydrogen-bond donors (Lipinski definition) is 3. The van der Waals surface area contributed by atoms with Crippen LogP contribution in [-0.4, -0.2) is 67.8 Å². The van der Waals surface area contributed by atoms with Crippen LogP contribution in [0.4, 0.5) is 24.5 Å². The van der Waals surface area contributed by atoms with Crippen LogP contribution in [0.3, 0.4) is 0 Å². The molecule has 0 radical (unpaired) electrons. The van der Waals surface area contributed by atoms with E-state index in [0.717, 1.165) is 23.4 Å². The van der Waals surface area contributed by atoms with E-state index < -0.39 is 29.8 Å². The van der Waals surface area contributed by atoms with Crippen molar-refractivity contribution in [2.75, 3.05) is 49.3 Å². The molecule has 1 heterocycles. The lowest BCUT2D eigenvalue weighted by Gasteiger charge is -2.40. The number of hydrogen-bond acceptors (Lipinski definition) is 7. The first kappa shape index (κ1) is 34.5. The molecule has 12 heteroatoms. The summed E-state index contributed by atoms with van der Waals surface area (Å²) in [6.07, 6.45) is -4.45. The number of alkyl halides is 3. The maximum absolute atomic E-state index is 13.5. The molecule has 1 saturated heterocycles. The summed E-state index contributed by atoms with van der Waals surface area (Å²) in [4.78, 5) is 43.1. The minimum Gasteiger partial charge on any atom is -0.467 e. The quantitative estimate of drug-likeness (QED) is 0.140. The average molecular weight is 677 g/mol. The van der Waals surface area contributed by atoms with Crippen molar-refractivity contribution in [3.05, 3.63) is 120 Å². The molecule has 2 unspecified atom stereocenters. The molecule has 2 atom stereocenters. The molecule has 250 valence electrons. The van der Waals surface area contributed by atoms with Gasteiger partial charge in [0, 0.05) is 48.9 Å². The number of amides is 2. The lowest BCUT2D eigenvalue weighted by molar-refractivity contribution is -0.145. The summed E-state index contributed by atoms with van der Waals surface area (Å²) < 4.78 is 43.9. The van der Waals surface area contributed by atoms with Crippen LogP contribution < -0.4 is 15.5 Å². The molecule has 1 fully saturated rings. The number of carbonyl (C=O) groups excluding carboxylic acids is 3. The second-order valence-electron chi connectivity index (χ2n) is 11.2. The Kier molecular flexibility index (Phi) is 11.1. The second kappa shape index (κ2) is 15.4. The number of carbonyl (C=O) groups is 3. The van der Waals surface area contributed by atoms with Gasteiger partial charge in [0.25, 0.3) is 5.91 Å². The third kappa shape index (κ3) is 8.18. The smallest absolute Gasteiger partial charge is 0.416 e. The van der Waals surface area contributed by atoms with E-state index >= 15 is 0 Å². The van der Waals surface area contributed by atoms with Crippen molar-refractivity contribution in [3.8, 4) is 11.1 Å². The van der Waals surface area contributed by atoms with Crippen molar-refractivity contribution in [2.24, 2.45) is 0 Å². The first-order valence-corrected chi connectivity index (χ1v) is 15.9. The number of ether oxygens (including phenoxy) is 1. The number of rotatable bonds is 10. The Morgan fingerprint density at radius 3 is 2.06 bits per heavy atom. The van der Waals surface area contributed by atoms with Gasteiger partial charge in [0.15, 0.2) is 0 Å². The number of thiol groups is 1. The molecule has 5 rings (SSSR count). The highest BCUT2D eigenvalue weighted by molar-refractivity contribution is 7.80. The van der Waals surface area contributed by atoms with Gasteiger partial charge >= 0.3 is 12.1 Å². The van der Waals surface area contributed by atoms with Crippen LogP contribution in [0.15, 0.2) is 103 Å². The van der Waals surface area contributed by atoms with Gasteiger partial charge in [-0.3, -0.25) is 14.5 Å². The van der Waals surface area contributed by atoms with Gasteiger partial charge in [0.1, 0.15) is 12.1 Å². The fraction of sp³-hybridized carbons (Fsp3) is 0.250. The Bertz CT molecular complexity index is 1710. The first-order valence-electron chi connectivity index (χ1n) is 15.3. The normalized spacial score (nSPS) is 14.9. The Balaban J connectivity index is 1.23. The fourth-order valence-corrected chi connectivity index (χ4v) is 5.94. The maximum atomic E-state index is 13.5. The number of nitrogens with zero attached hydrogens (tertiary/aromatic N) is 2. The lowest BCUT2D eigenvalue weighted by Crippen LogP contribution is -2.53. The van der Waals surface area contributed by atoms with E-state index in [1.54, 1.807) is 36.4 Å². The Morgan fingerprint density at radius 1 is 0.833 bits per heavy atom. The van der Waals surface area contributed by atoms with E-state index in [2.05, 4.69) is 33.1 Å². The fourth-order valence-electron chi connectivity index (χ4n) is 5.70. The monoisotopic (exact) mass is 676 g/mol. The van der Waals surface area contributed by atoms with Gasteiger partial charge in [-0.15, -0.1) is 0 Å². The highest BCUT2D eigenvalue weighted by atomic mass is 32.1. The molecule has 4 aromatic carbocycles. The molecular formula is C36H35F3N4O4S. The molecule has 48 heavy (non-hydrogen) atoms. The van der Waals surface area contributed by atoms with Gasteiger partial charge < -0.3 is 20.3 Å². The zero-order valence-electron chi connectivity index (χ0n) is 26.1. The van der Waals surface area contributed by atoms with Crippen LogP contribution in [-0.2, 0) is 20.5 Å². The topological polar surface area (TPSA) is 91.0 Å². The second-order valence-corrected chi connectivity index (χ2v) is 11.6. The highest BCUT2D eigenvalue weighted by Gasteiger charge is 2.33. The van der Waals surface area contributed by atoms with Gasteiger partial charge in [-0.05, 0) is 59.2 Å². The minimum absolute atomic E-state index is 0.107. The van der Waals surface area contributed by atoms with Gasteiger partial charge in [-0.2, -0.15) is 25.8 Å². The zero-order valence-corrected chi connectivity index (χ0v) is 27.0. The molecule has 0 saturated carbocycles. The van der Waals surface area contributed by atoms with Gasteiger partial charge in [-0.1, -0.05) is 60.7 Å². The largest absolute Gasteiger partial charge is 0.467 e. The number of esters is 1. The maximum Gasteiger partial charge on any atom is 0.416 e. The summed E-state index contributed by atoms with van der Waals surface area (Å²) in [6.45, 7) is 2.43. The summed E-state index contributed by atoms with van der Waals surface area (Å²) in [5.41, 5.74) is 2.92.